The van der Waals surface area contributed by atoms with Gasteiger partial charge in [0.15, 0.2) is 5.82 Å². The van der Waals surface area contributed by atoms with Crippen molar-refractivity contribution in [3.63, 3.8) is 0 Å². The van der Waals surface area contributed by atoms with Gasteiger partial charge in [0, 0.05) is 18.6 Å². The monoisotopic (exact) mass is 290 g/mol. The molecule has 5 heteroatoms. The van der Waals surface area contributed by atoms with Crippen LogP contribution in [0.1, 0.15) is 25.5 Å². The summed E-state index contributed by atoms with van der Waals surface area (Å²) in [7, 11) is 0. The fraction of sp³-hybridized carbons (Fsp3) is 0.438. The Morgan fingerprint density at radius 1 is 1.38 bits per heavy atom. The number of hydrogen-bond donors (Lipinski definition) is 1. The summed E-state index contributed by atoms with van der Waals surface area (Å²) in [6.07, 6.45) is 3.07. The molecule has 1 fully saturated rings. The molecule has 0 saturated heterocycles. The fourth-order valence-electron chi connectivity index (χ4n) is 2.91. The van der Waals surface area contributed by atoms with Gasteiger partial charge in [0.2, 0.25) is 0 Å². The molecule has 0 spiro atoms. The molecule has 1 aliphatic carbocycles. The van der Waals surface area contributed by atoms with Gasteiger partial charge < -0.3 is 15.0 Å². The third-order valence-corrected chi connectivity index (χ3v) is 4.00. The molecule has 0 aliphatic heterocycles. The predicted molar refractivity (Wildman–Crippen MR) is 78.2 cm³/mol. The van der Waals surface area contributed by atoms with Gasteiger partial charge >= 0.3 is 0 Å². The minimum Gasteiger partial charge on any atom is -0.380 e. The Kier molecular flexibility index (Phi) is 3.92. The van der Waals surface area contributed by atoms with Crippen molar-refractivity contribution in [2.24, 2.45) is 5.92 Å². The molecule has 0 bridgehead atoms. The van der Waals surface area contributed by atoms with E-state index < -0.39 is 0 Å². The van der Waals surface area contributed by atoms with Crippen LogP contribution in [0.3, 0.4) is 0 Å². The smallest absolute Gasteiger partial charge is 0.175 e. The predicted octanol–water partition coefficient (Wildman–Crippen LogP) is 3.42. The SMILES string of the molecule is CCOC1CC(Cc2onc(N)c2-c2ccccc2F)C1. The van der Waals surface area contributed by atoms with Gasteiger partial charge in [-0.15, -0.1) is 0 Å². The maximum absolute atomic E-state index is 14.0. The maximum Gasteiger partial charge on any atom is 0.175 e. The Balaban J connectivity index is 1.78. The first kappa shape index (κ1) is 14.1. The summed E-state index contributed by atoms with van der Waals surface area (Å²) >= 11 is 0. The van der Waals surface area contributed by atoms with Crippen molar-refractivity contribution < 1.29 is 13.7 Å². The zero-order valence-corrected chi connectivity index (χ0v) is 12.0. The van der Waals surface area contributed by atoms with E-state index in [0.29, 0.717) is 28.9 Å². The number of rotatable bonds is 5. The normalized spacial score (nSPS) is 21.2. The standard InChI is InChI=1S/C16H19FN2O2/c1-2-20-11-7-10(8-11)9-14-15(16(18)19-21-14)12-5-3-4-6-13(12)17/h3-6,10-11H,2,7-9H2,1H3,(H2,18,19). The Labute approximate surface area is 123 Å². The quantitative estimate of drug-likeness (QED) is 0.916. The number of nitrogen functional groups attached to an aromatic ring is 1. The number of hydrogen-bond acceptors (Lipinski definition) is 4. The van der Waals surface area contributed by atoms with Crippen LogP contribution in [0.5, 0.6) is 0 Å². The lowest BCUT2D eigenvalue weighted by Crippen LogP contribution is -2.32. The number of benzene rings is 1. The molecule has 0 radical (unpaired) electrons. The first-order valence-corrected chi connectivity index (χ1v) is 7.29. The van der Waals surface area contributed by atoms with E-state index in [1.165, 1.54) is 6.07 Å². The van der Waals surface area contributed by atoms with Gasteiger partial charge in [0.1, 0.15) is 11.6 Å². The van der Waals surface area contributed by atoms with Gasteiger partial charge in [0.05, 0.1) is 11.7 Å². The summed E-state index contributed by atoms with van der Waals surface area (Å²) in [6, 6.07) is 6.55. The highest BCUT2D eigenvalue weighted by Gasteiger charge is 2.32. The summed E-state index contributed by atoms with van der Waals surface area (Å²) in [5, 5.41) is 3.81. The minimum atomic E-state index is -0.311. The Hall–Kier alpha value is -1.88. The lowest BCUT2D eigenvalue weighted by atomic mass is 9.79. The van der Waals surface area contributed by atoms with Crippen LogP contribution in [0, 0.1) is 11.7 Å². The summed E-state index contributed by atoms with van der Waals surface area (Å²) in [4.78, 5) is 0. The zero-order valence-electron chi connectivity index (χ0n) is 12.0. The number of ether oxygens (including phenoxy) is 1. The van der Waals surface area contributed by atoms with E-state index in [-0.39, 0.29) is 11.6 Å². The second kappa shape index (κ2) is 5.85. The average molecular weight is 290 g/mol. The lowest BCUT2D eigenvalue weighted by molar-refractivity contribution is -0.0254. The molecule has 1 aliphatic rings. The molecule has 1 aromatic heterocycles. The first-order chi connectivity index (χ1) is 10.2. The Morgan fingerprint density at radius 2 is 2.14 bits per heavy atom. The van der Waals surface area contributed by atoms with E-state index in [1.54, 1.807) is 18.2 Å². The second-order valence-electron chi connectivity index (χ2n) is 5.46. The summed E-state index contributed by atoms with van der Waals surface area (Å²) in [5.41, 5.74) is 6.90. The van der Waals surface area contributed by atoms with Gasteiger partial charge in [-0.3, -0.25) is 0 Å². The van der Waals surface area contributed by atoms with Gasteiger partial charge in [-0.2, -0.15) is 0 Å². The molecule has 1 aromatic carbocycles. The van der Waals surface area contributed by atoms with Crippen molar-refractivity contribution in [2.75, 3.05) is 12.3 Å². The molecule has 4 nitrogen and oxygen atoms in total. The fourth-order valence-corrected chi connectivity index (χ4v) is 2.91. The molecule has 0 atom stereocenters. The van der Waals surface area contributed by atoms with Gasteiger partial charge in [-0.05, 0) is 31.7 Å². The van der Waals surface area contributed by atoms with Crippen LogP contribution in [-0.2, 0) is 11.2 Å². The summed E-state index contributed by atoms with van der Waals surface area (Å²) < 4.78 is 24.8. The van der Waals surface area contributed by atoms with Crippen molar-refractivity contribution in [1.29, 1.82) is 0 Å². The number of aromatic nitrogens is 1. The number of anilines is 1. The van der Waals surface area contributed by atoms with Crippen LogP contribution in [0.4, 0.5) is 10.2 Å². The summed E-state index contributed by atoms with van der Waals surface area (Å²) in [5.74, 6) is 1.09. The third-order valence-electron chi connectivity index (χ3n) is 4.00. The molecule has 0 amide bonds. The molecule has 1 heterocycles. The summed E-state index contributed by atoms with van der Waals surface area (Å²) in [6.45, 7) is 2.74. The van der Waals surface area contributed by atoms with Crippen LogP contribution in [0.25, 0.3) is 11.1 Å². The Bertz CT molecular complexity index is 620. The Morgan fingerprint density at radius 3 is 2.86 bits per heavy atom. The molecular formula is C16H19FN2O2. The molecule has 21 heavy (non-hydrogen) atoms. The molecule has 2 aromatic rings. The van der Waals surface area contributed by atoms with Crippen molar-refractivity contribution in [3.05, 3.63) is 35.8 Å². The van der Waals surface area contributed by atoms with Crippen LogP contribution < -0.4 is 5.73 Å². The van der Waals surface area contributed by atoms with Gasteiger partial charge in [-0.25, -0.2) is 4.39 Å². The molecule has 3 rings (SSSR count). The molecule has 112 valence electrons. The van der Waals surface area contributed by atoms with Gasteiger partial charge in [-0.1, -0.05) is 23.4 Å². The molecule has 0 unspecified atom stereocenters. The van der Waals surface area contributed by atoms with Crippen LogP contribution in [0.2, 0.25) is 0 Å². The van der Waals surface area contributed by atoms with E-state index in [0.717, 1.165) is 25.9 Å². The van der Waals surface area contributed by atoms with Crippen molar-refractivity contribution in [3.8, 4) is 11.1 Å². The largest absolute Gasteiger partial charge is 0.380 e. The zero-order chi connectivity index (χ0) is 14.8. The maximum atomic E-state index is 14.0. The van der Waals surface area contributed by atoms with Crippen LogP contribution >= 0.6 is 0 Å². The van der Waals surface area contributed by atoms with E-state index in [9.17, 15) is 4.39 Å². The highest BCUT2D eigenvalue weighted by Crippen LogP contribution is 2.38. The van der Waals surface area contributed by atoms with E-state index in [4.69, 9.17) is 15.0 Å². The highest BCUT2D eigenvalue weighted by molar-refractivity contribution is 5.75. The molecular weight excluding hydrogens is 271 g/mol. The average Bonchev–Trinajstić information content (AvgIpc) is 2.78. The van der Waals surface area contributed by atoms with E-state index in [2.05, 4.69) is 5.16 Å². The van der Waals surface area contributed by atoms with Crippen molar-refractivity contribution >= 4 is 5.82 Å². The molecule has 2 N–H and O–H groups in total. The number of nitrogens with two attached hydrogens (primary N) is 1. The first-order valence-electron chi connectivity index (χ1n) is 7.29. The number of nitrogens with zero attached hydrogens (tertiary/aromatic N) is 1. The van der Waals surface area contributed by atoms with Gasteiger partial charge in [0.25, 0.3) is 0 Å². The van der Waals surface area contributed by atoms with E-state index in [1.807, 2.05) is 6.92 Å². The highest BCUT2D eigenvalue weighted by atomic mass is 19.1. The minimum absolute atomic E-state index is 0.246. The molecule has 1 saturated carbocycles. The van der Waals surface area contributed by atoms with Crippen molar-refractivity contribution in [2.45, 2.75) is 32.3 Å². The lowest BCUT2D eigenvalue weighted by Gasteiger charge is -2.34. The van der Waals surface area contributed by atoms with E-state index >= 15 is 0 Å². The number of halogens is 1. The topological polar surface area (TPSA) is 61.3 Å². The third kappa shape index (κ3) is 2.78. The van der Waals surface area contributed by atoms with Crippen LogP contribution in [-0.4, -0.2) is 17.9 Å². The van der Waals surface area contributed by atoms with Crippen molar-refractivity contribution in [1.82, 2.24) is 5.16 Å². The van der Waals surface area contributed by atoms with Crippen LogP contribution in [0.15, 0.2) is 28.8 Å². The second-order valence-corrected chi connectivity index (χ2v) is 5.46.